The highest BCUT2D eigenvalue weighted by atomic mass is 35.5. The van der Waals surface area contributed by atoms with Gasteiger partial charge in [0.25, 0.3) is 0 Å². The van der Waals surface area contributed by atoms with Gasteiger partial charge in [-0.3, -0.25) is 10.1 Å². The molecule has 2 aliphatic rings. The van der Waals surface area contributed by atoms with E-state index < -0.39 is 18.1 Å². The van der Waals surface area contributed by atoms with Gasteiger partial charge in [0.15, 0.2) is 11.5 Å². The van der Waals surface area contributed by atoms with Crippen LogP contribution in [0, 0.1) is 6.92 Å². The molecule has 0 saturated carbocycles. The normalized spacial score (nSPS) is 17.5. The van der Waals surface area contributed by atoms with E-state index in [1.807, 2.05) is 30.3 Å². The number of carboxylic acid groups (broad SMARTS) is 1. The first kappa shape index (κ1) is 33.8. The quantitative estimate of drug-likeness (QED) is 0.169. The molecule has 0 bridgehead atoms. The summed E-state index contributed by atoms with van der Waals surface area (Å²) in [5.41, 5.74) is 3.25. The zero-order chi connectivity index (χ0) is 32.7. The van der Waals surface area contributed by atoms with Gasteiger partial charge in [-0.05, 0) is 80.1 Å². The molecule has 46 heavy (non-hydrogen) atoms. The predicted octanol–water partition coefficient (Wildman–Crippen LogP) is 4.82. The maximum Gasteiger partial charge on any atom is 0.326 e. The summed E-state index contributed by atoms with van der Waals surface area (Å²) in [7, 11) is 0. The van der Waals surface area contributed by atoms with Crippen molar-refractivity contribution in [1.29, 1.82) is 0 Å². The van der Waals surface area contributed by atoms with Crippen LogP contribution in [-0.2, 0) is 17.9 Å². The van der Waals surface area contributed by atoms with Gasteiger partial charge >= 0.3 is 5.97 Å². The number of hydrogen-bond donors (Lipinski definition) is 4. The van der Waals surface area contributed by atoms with E-state index in [2.05, 4.69) is 23.2 Å². The van der Waals surface area contributed by atoms with E-state index in [1.165, 1.54) is 6.92 Å². The van der Waals surface area contributed by atoms with Gasteiger partial charge in [-0.15, -0.1) is 0 Å². The molecule has 0 aromatic heterocycles. The molecule has 4 N–H and O–H groups in total. The number of nitrogens with one attached hydrogen (secondary N) is 1. The lowest BCUT2D eigenvalue weighted by Crippen LogP contribution is -2.52. The van der Waals surface area contributed by atoms with E-state index in [-0.39, 0.29) is 19.3 Å². The Morgan fingerprint density at radius 2 is 1.87 bits per heavy atom. The first-order valence-corrected chi connectivity index (χ1v) is 16.1. The van der Waals surface area contributed by atoms with Crippen LogP contribution in [0.3, 0.4) is 0 Å². The summed E-state index contributed by atoms with van der Waals surface area (Å²) < 4.78 is 23.9. The monoisotopic (exact) mass is 654 g/mol. The third kappa shape index (κ3) is 8.24. The Labute approximate surface area is 274 Å². The molecule has 1 saturated heterocycles. The molecule has 0 spiro atoms. The Hall–Kier alpha value is -3.54. The van der Waals surface area contributed by atoms with Gasteiger partial charge in [0.05, 0.1) is 24.3 Å². The molecule has 3 aromatic rings. The van der Waals surface area contributed by atoms with Crippen LogP contribution in [0.15, 0.2) is 48.5 Å². The fourth-order valence-corrected chi connectivity index (χ4v) is 5.84. The van der Waals surface area contributed by atoms with E-state index >= 15 is 0 Å². The average Bonchev–Trinajstić information content (AvgIpc) is 3.48. The van der Waals surface area contributed by atoms with Crippen LogP contribution >= 0.6 is 11.6 Å². The smallest absolute Gasteiger partial charge is 0.326 e. The second-order valence-corrected chi connectivity index (χ2v) is 12.5. The molecule has 0 amide bonds. The summed E-state index contributed by atoms with van der Waals surface area (Å²) in [6.45, 7) is 7.29. The van der Waals surface area contributed by atoms with Crippen molar-refractivity contribution < 1.29 is 39.1 Å². The van der Waals surface area contributed by atoms with Gasteiger partial charge in [-0.25, -0.2) is 0 Å². The lowest BCUT2D eigenvalue weighted by Gasteiger charge is -2.25. The molecular formula is C35H43ClN2O8. The van der Waals surface area contributed by atoms with Crippen molar-refractivity contribution in [3.63, 3.8) is 0 Å². The number of carboxylic acids is 1. The number of likely N-dealkylation sites (tertiary alicyclic amines) is 1. The van der Waals surface area contributed by atoms with Crippen molar-refractivity contribution in [3.8, 4) is 34.1 Å². The first-order chi connectivity index (χ1) is 22.2. The number of carbonyl (C=O) groups is 1. The number of hydrogen-bond acceptors (Lipinski definition) is 9. The van der Waals surface area contributed by atoms with E-state index in [1.54, 1.807) is 12.1 Å². The largest absolute Gasteiger partial charge is 0.493 e. The van der Waals surface area contributed by atoms with Crippen molar-refractivity contribution in [3.05, 3.63) is 70.2 Å². The molecule has 2 aliphatic heterocycles. The van der Waals surface area contributed by atoms with E-state index in [4.69, 9.17) is 30.5 Å². The van der Waals surface area contributed by atoms with Crippen molar-refractivity contribution >= 4 is 17.6 Å². The molecule has 1 fully saturated rings. The van der Waals surface area contributed by atoms with Crippen LogP contribution in [-0.4, -0.2) is 83.9 Å². The number of aliphatic hydroxyl groups excluding tert-OH is 2. The number of halogens is 1. The number of aliphatic hydroxyl groups is 2. The molecule has 0 radical (unpaired) electrons. The molecule has 11 heteroatoms. The molecule has 10 nitrogen and oxygen atoms in total. The van der Waals surface area contributed by atoms with Crippen LogP contribution in [0.4, 0.5) is 0 Å². The molecule has 3 aromatic carbocycles. The lowest BCUT2D eigenvalue weighted by atomic mass is 9.96. The van der Waals surface area contributed by atoms with Crippen molar-refractivity contribution in [2.45, 2.75) is 57.9 Å². The Morgan fingerprint density at radius 1 is 1.07 bits per heavy atom. The molecule has 5 rings (SSSR count). The molecule has 2 heterocycles. The minimum absolute atomic E-state index is 0.112. The zero-order valence-corrected chi connectivity index (χ0v) is 27.1. The molecule has 0 aliphatic carbocycles. The van der Waals surface area contributed by atoms with Gasteiger partial charge in [0.1, 0.15) is 36.9 Å². The fraction of sp³-hybridized carbons (Fsp3) is 0.457. The minimum Gasteiger partial charge on any atom is -0.493 e. The standard InChI is InChI=1S/C35H43ClN2O8/c1-23-25(6-5-7-28(23)24-8-9-30-33(17-24)45-15-14-44-30)21-46-32-18-31(43-13-4-3-11-38-12-10-27(40)20-38)26(16-29(32)36)19-37-35(2,22-39)34(41)42/h5-9,16-18,27,37,39-40H,3-4,10-15,19-22H2,1-2H3,(H,41,42)/t27-,35?/m1/s1. The summed E-state index contributed by atoms with van der Waals surface area (Å²) in [6.07, 6.45) is 2.28. The number of unbranched alkanes of at least 4 members (excludes halogenated alkanes) is 1. The summed E-state index contributed by atoms with van der Waals surface area (Å²) in [4.78, 5) is 14.0. The van der Waals surface area contributed by atoms with Crippen LogP contribution in [0.5, 0.6) is 23.0 Å². The van der Waals surface area contributed by atoms with Crippen LogP contribution in [0.2, 0.25) is 5.02 Å². The van der Waals surface area contributed by atoms with Crippen LogP contribution in [0.25, 0.3) is 11.1 Å². The number of aliphatic carboxylic acids is 1. The van der Waals surface area contributed by atoms with Gasteiger partial charge in [0.2, 0.25) is 0 Å². The average molecular weight is 655 g/mol. The van der Waals surface area contributed by atoms with Crippen molar-refractivity contribution in [1.82, 2.24) is 10.2 Å². The van der Waals surface area contributed by atoms with Crippen molar-refractivity contribution in [2.24, 2.45) is 0 Å². The van der Waals surface area contributed by atoms with Gasteiger partial charge in [0, 0.05) is 31.3 Å². The lowest BCUT2D eigenvalue weighted by molar-refractivity contribution is -0.145. The Bertz CT molecular complexity index is 1520. The number of nitrogens with zero attached hydrogens (tertiary/aromatic N) is 1. The first-order valence-electron chi connectivity index (χ1n) is 15.7. The SMILES string of the molecule is Cc1c(COc2cc(OCCCCN3CC[C@@H](O)C3)c(CNC(C)(CO)C(=O)O)cc2Cl)cccc1-c1ccc2c(c1)OCCO2. The fourth-order valence-electron chi connectivity index (χ4n) is 5.60. The van der Waals surface area contributed by atoms with E-state index in [0.717, 1.165) is 66.1 Å². The second-order valence-electron chi connectivity index (χ2n) is 12.1. The second kappa shape index (κ2) is 15.4. The molecule has 2 atom stereocenters. The third-order valence-electron chi connectivity index (χ3n) is 8.63. The van der Waals surface area contributed by atoms with E-state index in [0.29, 0.717) is 48.5 Å². The number of fused-ring (bicyclic) bond motifs is 1. The maximum atomic E-state index is 11.7. The van der Waals surface area contributed by atoms with Crippen LogP contribution < -0.4 is 24.3 Å². The summed E-state index contributed by atoms with van der Waals surface area (Å²) in [5, 5.41) is 32.4. The zero-order valence-electron chi connectivity index (χ0n) is 26.4. The van der Waals surface area contributed by atoms with Gasteiger partial charge in [-0.1, -0.05) is 35.9 Å². The van der Waals surface area contributed by atoms with Gasteiger partial charge < -0.3 is 39.2 Å². The molecule has 248 valence electrons. The molecular weight excluding hydrogens is 612 g/mol. The van der Waals surface area contributed by atoms with Gasteiger partial charge in [-0.2, -0.15) is 0 Å². The summed E-state index contributed by atoms with van der Waals surface area (Å²) in [5.74, 6) is 1.28. The highest BCUT2D eigenvalue weighted by Crippen LogP contribution is 2.37. The minimum atomic E-state index is -1.53. The predicted molar refractivity (Wildman–Crippen MR) is 175 cm³/mol. The van der Waals surface area contributed by atoms with E-state index in [9.17, 15) is 20.1 Å². The topological polar surface area (TPSA) is 130 Å². The van der Waals surface area contributed by atoms with Crippen molar-refractivity contribution in [2.75, 3.05) is 46.1 Å². The summed E-state index contributed by atoms with van der Waals surface area (Å²) in [6, 6.07) is 15.5. The highest BCUT2D eigenvalue weighted by Gasteiger charge is 2.32. The maximum absolute atomic E-state index is 11.7. The Balaban J connectivity index is 1.29. The number of ether oxygens (including phenoxy) is 4. The number of benzene rings is 3. The van der Waals surface area contributed by atoms with Crippen LogP contribution in [0.1, 0.15) is 42.9 Å². The highest BCUT2D eigenvalue weighted by molar-refractivity contribution is 6.32. The number of β-amino-alcohol motifs (C(OH)–C–C–N with tert-alkyl or cyclic N) is 1. The third-order valence-corrected chi connectivity index (χ3v) is 8.92. The molecule has 1 unspecified atom stereocenters. The Kier molecular flexibility index (Phi) is 11.3. The number of rotatable bonds is 15. The Morgan fingerprint density at radius 3 is 2.61 bits per heavy atom. The summed E-state index contributed by atoms with van der Waals surface area (Å²) >= 11 is 6.69.